The molecular formula is C16H25F2IN4O2S2. The Labute approximate surface area is 180 Å². The topological polar surface area (TPSA) is 73.8 Å². The fraction of sp³-hybridized carbons (Fsp3) is 0.562. The van der Waals surface area contributed by atoms with Crippen molar-refractivity contribution < 1.29 is 17.2 Å². The minimum Gasteiger partial charge on any atom is -0.355 e. The molecule has 1 saturated heterocycles. The Morgan fingerprint density at radius 1 is 1.30 bits per heavy atom. The summed E-state index contributed by atoms with van der Waals surface area (Å²) < 4.78 is 52.5. The molecule has 11 heteroatoms. The van der Waals surface area contributed by atoms with Gasteiger partial charge < -0.3 is 10.6 Å². The highest BCUT2D eigenvalue weighted by Crippen LogP contribution is 2.16. The van der Waals surface area contributed by atoms with Crippen LogP contribution in [0.5, 0.6) is 0 Å². The molecule has 0 amide bonds. The quantitative estimate of drug-likeness (QED) is 0.333. The minimum atomic E-state index is -3.29. The first kappa shape index (κ1) is 24.4. The molecule has 27 heavy (non-hydrogen) atoms. The van der Waals surface area contributed by atoms with E-state index < -0.39 is 21.7 Å². The Hall–Kier alpha value is -0.660. The third-order valence-electron chi connectivity index (χ3n) is 4.04. The predicted octanol–water partition coefficient (Wildman–Crippen LogP) is 2.19. The largest absolute Gasteiger partial charge is 0.355 e. The van der Waals surface area contributed by atoms with Gasteiger partial charge in [-0.3, -0.25) is 4.99 Å². The van der Waals surface area contributed by atoms with E-state index >= 15 is 0 Å². The molecule has 1 aliphatic heterocycles. The van der Waals surface area contributed by atoms with Crippen LogP contribution in [0.15, 0.2) is 23.2 Å². The zero-order chi connectivity index (χ0) is 19.2. The van der Waals surface area contributed by atoms with Crippen molar-refractivity contribution in [3.63, 3.8) is 0 Å². The molecule has 0 saturated carbocycles. The predicted molar refractivity (Wildman–Crippen MR) is 117 cm³/mol. The summed E-state index contributed by atoms with van der Waals surface area (Å²) in [6.45, 7) is 3.08. The Morgan fingerprint density at radius 3 is 2.56 bits per heavy atom. The molecule has 1 aromatic rings. The SMILES string of the molecule is CN=C(NCCS(=O)(=O)N1CCSCC1)NC(C)c1ccc(F)c(F)c1.I. The van der Waals surface area contributed by atoms with E-state index in [-0.39, 0.29) is 42.3 Å². The normalized spacial score (nSPS) is 17.1. The van der Waals surface area contributed by atoms with Crippen LogP contribution < -0.4 is 10.6 Å². The lowest BCUT2D eigenvalue weighted by Crippen LogP contribution is -2.44. The lowest BCUT2D eigenvalue weighted by Gasteiger charge is -2.26. The summed E-state index contributed by atoms with van der Waals surface area (Å²) >= 11 is 1.75. The molecule has 1 heterocycles. The highest BCUT2D eigenvalue weighted by molar-refractivity contribution is 14.0. The van der Waals surface area contributed by atoms with Crippen LogP contribution in [0.4, 0.5) is 8.78 Å². The fourth-order valence-corrected chi connectivity index (χ4v) is 5.01. The third-order valence-corrected chi connectivity index (χ3v) is 6.85. The van der Waals surface area contributed by atoms with Gasteiger partial charge in [-0.25, -0.2) is 21.5 Å². The van der Waals surface area contributed by atoms with Crippen molar-refractivity contribution >= 4 is 51.7 Å². The van der Waals surface area contributed by atoms with E-state index in [0.29, 0.717) is 24.6 Å². The van der Waals surface area contributed by atoms with E-state index in [1.807, 2.05) is 0 Å². The second kappa shape index (κ2) is 11.4. The number of aliphatic imine (C=N–C) groups is 1. The molecule has 154 valence electrons. The van der Waals surface area contributed by atoms with Crippen LogP contribution in [-0.2, 0) is 10.0 Å². The van der Waals surface area contributed by atoms with Gasteiger partial charge in [-0.2, -0.15) is 11.8 Å². The highest BCUT2D eigenvalue weighted by atomic mass is 127. The van der Waals surface area contributed by atoms with Crippen molar-refractivity contribution in [1.29, 1.82) is 0 Å². The number of benzene rings is 1. The number of thioether (sulfide) groups is 1. The van der Waals surface area contributed by atoms with Crippen molar-refractivity contribution in [3.8, 4) is 0 Å². The fourth-order valence-electron chi connectivity index (χ4n) is 2.52. The molecule has 0 aliphatic carbocycles. The number of hydrogen-bond donors (Lipinski definition) is 2. The van der Waals surface area contributed by atoms with E-state index in [2.05, 4.69) is 15.6 Å². The summed E-state index contributed by atoms with van der Waals surface area (Å²) in [6, 6.07) is 3.36. The van der Waals surface area contributed by atoms with Crippen molar-refractivity contribution in [1.82, 2.24) is 14.9 Å². The summed E-state index contributed by atoms with van der Waals surface area (Å²) in [6.07, 6.45) is 0. The maximum Gasteiger partial charge on any atom is 0.215 e. The molecule has 1 unspecified atom stereocenters. The van der Waals surface area contributed by atoms with Crippen LogP contribution >= 0.6 is 35.7 Å². The van der Waals surface area contributed by atoms with Crippen molar-refractivity contribution in [2.75, 3.05) is 43.9 Å². The number of hydrogen-bond acceptors (Lipinski definition) is 4. The molecule has 0 bridgehead atoms. The standard InChI is InChI=1S/C16H24F2N4O2S2.HI/c1-12(13-3-4-14(17)15(18)11-13)21-16(19-2)20-5-10-26(23,24)22-6-8-25-9-7-22;/h3-4,11-12H,5-10H2,1-2H3,(H2,19,20,21);1H. The van der Waals surface area contributed by atoms with Gasteiger partial charge in [0.25, 0.3) is 0 Å². The minimum absolute atomic E-state index is 0. The van der Waals surface area contributed by atoms with Crippen LogP contribution in [0.2, 0.25) is 0 Å². The number of rotatable bonds is 6. The maximum absolute atomic E-state index is 13.3. The van der Waals surface area contributed by atoms with Crippen LogP contribution in [0.3, 0.4) is 0 Å². The van der Waals surface area contributed by atoms with E-state index in [1.54, 1.807) is 25.7 Å². The van der Waals surface area contributed by atoms with E-state index in [4.69, 9.17) is 0 Å². The third kappa shape index (κ3) is 7.35. The van der Waals surface area contributed by atoms with Crippen molar-refractivity contribution in [2.45, 2.75) is 13.0 Å². The molecule has 2 rings (SSSR count). The molecule has 2 N–H and O–H groups in total. The number of nitrogens with zero attached hydrogens (tertiary/aromatic N) is 2. The lowest BCUT2D eigenvalue weighted by atomic mass is 10.1. The van der Waals surface area contributed by atoms with Gasteiger partial charge in [-0.15, -0.1) is 24.0 Å². The molecule has 0 aromatic heterocycles. The second-order valence-corrected chi connectivity index (χ2v) is 9.18. The zero-order valence-corrected chi connectivity index (χ0v) is 19.2. The zero-order valence-electron chi connectivity index (χ0n) is 15.2. The van der Waals surface area contributed by atoms with Gasteiger partial charge in [-0.1, -0.05) is 6.07 Å². The maximum atomic E-state index is 13.3. The Kier molecular flexibility index (Phi) is 10.3. The second-order valence-electron chi connectivity index (χ2n) is 5.87. The molecule has 1 aromatic carbocycles. The van der Waals surface area contributed by atoms with Gasteiger partial charge in [-0.05, 0) is 24.6 Å². The Balaban J connectivity index is 0.00000364. The van der Waals surface area contributed by atoms with Gasteiger partial charge in [0, 0.05) is 38.2 Å². The number of halogens is 3. The van der Waals surface area contributed by atoms with Gasteiger partial charge in [0.1, 0.15) is 0 Å². The number of guanidine groups is 1. The van der Waals surface area contributed by atoms with Gasteiger partial charge in [0.15, 0.2) is 17.6 Å². The number of sulfonamides is 1. The molecule has 0 radical (unpaired) electrons. The van der Waals surface area contributed by atoms with E-state index in [9.17, 15) is 17.2 Å². The van der Waals surface area contributed by atoms with E-state index in [1.165, 1.54) is 10.4 Å². The molecule has 1 atom stereocenters. The molecular weight excluding hydrogens is 509 g/mol. The summed E-state index contributed by atoms with van der Waals surface area (Å²) in [5.74, 6) is 0.197. The summed E-state index contributed by atoms with van der Waals surface area (Å²) in [5.41, 5.74) is 0.560. The van der Waals surface area contributed by atoms with Crippen LogP contribution in [0, 0.1) is 11.6 Å². The summed E-state index contributed by atoms with van der Waals surface area (Å²) in [4.78, 5) is 4.04. The van der Waals surface area contributed by atoms with Crippen molar-refractivity contribution in [2.24, 2.45) is 4.99 Å². The molecule has 0 spiro atoms. The summed E-state index contributed by atoms with van der Waals surface area (Å²) in [7, 11) is -1.74. The smallest absolute Gasteiger partial charge is 0.215 e. The monoisotopic (exact) mass is 534 g/mol. The first-order chi connectivity index (χ1) is 12.3. The average molecular weight is 534 g/mol. The molecule has 6 nitrogen and oxygen atoms in total. The Morgan fingerprint density at radius 2 is 1.96 bits per heavy atom. The van der Waals surface area contributed by atoms with E-state index in [0.717, 1.165) is 23.6 Å². The average Bonchev–Trinajstić information content (AvgIpc) is 2.63. The van der Waals surface area contributed by atoms with Crippen LogP contribution in [0.1, 0.15) is 18.5 Å². The summed E-state index contributed by atoms with van der Waals surface area (Å²) in [5, 5.41) is 5.98. The highest BCUT2D eigenvalue weighted by Gasteiger charge is 2.23. The Bertz CT molecular complexity index is 744. The van der Waals surface area contributed by atoms with Gasteiger partial charge >= 0.3 is 0 Å². The lowest BCUT2D eigenvalue weighted by molar-refractivity contribution is 0.443. The van der Waals surface area contributed by atoms with Gasteiger partial charge in [0.2, 0.25) is 10.0 Å². The van der Waals surface area contributed by atoms with Crippen LogP contribution in [-0.4, -0.2) is 62.6 Å². The number of nitrogens with one attached hydrogen (secondary N) is 2. The molecule has 1 aliphatic rings. The van der Waals surface area contributed by atoms with Crippen molar-refractivity contribution in [3.05, 3.63) is 35.4 Å². The first-order valence-corrected chi connectivity index (χ1v) is 11.1. The van der Waals surface area contributed by atoms with Gasteiger partial charge in [0.05, 0.1) is 11.8 Å². The molecule has 1 fully saturated rings. The first-order valence-electron chi connectivity index (χ1n) is 8.31. The van der Waals surface area contributed by atoms with Crippen LogP contribution in [0.25, 0.3) is 0 Å².